The summed E-state index contributed by atoms with van der Waals surface area (Å²) in [6.07, 6.45) is 0. The van der Waals surface area contributed by atoms with Gasteiger partial charge in [0.2, 0.25) is 0 Å². The molecule has 2 nitrogen and oxygen atoms in total. The van der Waals surface area contributed by atoms with Crippen molar-refractivity contribution in [2.45, 2.75) is 50.2 Å². The minimum Gasteiger partial charge on any atom is -0.223 e. The topological polar surface area (TPSA) is 34.1 Å². The second kappa shape index (κ2) is 4.21. The van der Waals surface area contributed by atoms with E-state index in [1.165, 1.54) is 0 Å². The molecule has 0 atom stereocenters. The van der Waals surface area contributed by atoms with Crippen molar-refractivity contribution in [1.82, 2.24) is 0 Å². The molecule has 0 fully saturated rings. The maximum absolute atomic E-state index is 12.0. The van der Waals surface area contributed by atoms with Gasteiger partial charge >= 0.3 is 0 Å². The second-order valence-electron chi connectivity index (χ2n) is 5.28. The lowest BCUT2D eigenvalue weighted by Gasteiger charge is -2.19. The monoisotopic (exact) mass is 239 g/mol. The molecule has 0 aliphatic carbocycles. The molecule has 1 aromatic carbocycles. The van der Waals surface area contributed by atoms with E-state index in [1.54, 1.807) is 32.0 Å². The van der Waals surface area contributed by atoms with E-state index in [2.05, 4.69) is 6.07 Å². The lowest BCUT2D eigenvalue weighted by molar-refractivity contribution is 0.579. The number of hydrogen-bond donors (Lipinski definition) is 0. The van der Waals surface area contributed by atoms with Crippen molar-refractivity contribution in [3.8, 4) is 0 Å². The van der Waals surface area contributed by atoms with Crippen LogP contribution in [0.4, 0.5) is 0 Å². The van der Waals surface area contributed by atoms with E-state index in [9.17, 15) is 8.42 Å². The van der Waals surface area contributed by atoms with E-state index < -0.39 is 9.84 Å². The fourth-order valence-corrected chi connectivity index (χ4v) is 2.41. The predicted molar refractivity (Wildman–Crippen MR) is 66.3 cm³/mol. The summed E-state index contributed by atoms with van der Waals surface area (Å²) < 4.78 is 24.0. The lowest BCUT2D eigenvalue weighted by atomic mass is 9.87. The molecule has 1 radical (unpaired) electrons. The molecule has 0 unspecified atom stereocenters. The van der Waals surface area contributed by atoms with Crippen LogP contribution in [-0.2, 0) is 15.3 Å². The Kier molecular flexibility index (Phi) is 3.48. The average molecular weight is 239 g/mol. The van der Waals surface area contributed by atoms with Gasteiger partial charge in [-0.2, -0.15) is 0 Å². The highest BCUT2D eigenvalue weighted by molar-refractivity contribution is 7.92. The van der Waals surface area contributed by atoms with Gasteiger partial charge in [-0.05, 0) is 43.0 Å². The molecule has 0 amide bonds. The third-order valence-corrected chi connectivity index (χ3v) is 4.68. The average Bonchev–Trinajstić information content (AvgIpc) is 2.16. The standard InChI is InChI=1S/C13H19O2S/c1-10(2)16(14,15)12-8-6-7-11(9-12)13(3,4)5/h6,8-10H,1-5H3. The zero-order valence-corrected chi connectivity index (χ0v) is 11.4. The molecule has 0 saturated carbocycles. The molecule has 0 saturated heterocycles. The highest BCUT2D eigenvalue weighted by Crippen LogP contribution is 2.25. The molecule has 0 bridgehead atoms. The first kappa shape index (κ1) is 13.2. The first-order chi connectivity index (χ1) is 7.15. The van der Waals surface area contributed by atoms with Crippen LogP contribution in [0.15, 0.2) is 23.1 Å². The van der Waals surface area contributed by atoms with Gasteiger partial charge in [0.05, 0.1) is 10.1 Å². The molecule has 1 aromatic rings. The van der Waals surface area contributed by atoms with Gasteiger partial charge in [-0.1, -0.05) is 26.8 Å². The Morgan fingerprint density at radius 2 is 1.81 bits per heavy atom. The molecule has 89 valence electrons. The summed E-state index contributed by atoms with van der Waals surface area (Å²) in [7, 11) is -3.18. The van der Waals surface area contributed by atoms with Crippen LogP contribution in [0.1, 0.15) is 40.2 Å². The SMILES string of the molecule is CC(C)S(=O)(=O)c1cc[c]c(C(C)(C)C)c1. The maximum atomic E-state index is 12.0. The predicted octanol–water partition coefficient (Wildman–Crippen LogP) is 2.97. The molecule has 0 N–H and O–H groups in total. The molecule has 0 aliphatic rings. The van der Waals surface area contributed by atoms with Crippen molar-refractivity contribution in [3.05, 3.63) is 29.8 Å². The van der Waals surface area contributed by atoms with Crippen LogP contribution in [0.3, 0.4) is 0 Å². The minimum absolute atomic E-state index is 0.0808. The van der Waals surface area contributed by atoms with Gasteiger partial charge in [-0.25, -0.2) is 8.42 Å². The maximum Gasteiger partial charge on any atom is 0.180 e. The fourth-order valence-electron chi connectivity index (χ4n) is 1.33. The number of benzene rings is 1. The van der Waals surface area contributed by atoms with Gasteiger partial charge in [-0.3, -0.25) is 0 Å². The minimum atomic E-state index is -3.18. The Hall–Kier alpha value is -0.830. The van der Waals surface area contributed by atoms with Crippen LogP contribution in [0, 0.1) is 6.07 Å². The van der Waals surface area contributed by atoms with Crippen molar-refractivity contribution >= 4 is 9.84 Å². The summed E-state index contributed by atoms with van der Waals surface area (Å²) in [5.41, 5.74) is 0.844. The fraction of sp³-hybridized carbons (Fsp3) is 0.538. The molecule has 0 heterocycles. The number of rotatable bonds is 2. The first-order valence-corrected chi connectivity index (χ1v) is 6.96. The van der Waals surface area contributed by atoms with E-state index >= 15 is 0 Å². The summed E-state index contributed by atoms with van der Waals surface area (Å²) in [5.74, 6) is 0. The van der Waals surface area contributed by atoms with Gasteiger partial charge in [0.15, 0.2) is 9.84 Å². The summed E-state index contributed by atoms with van der Waals surface area (Å²) in [6, 6.07) is 8.13. The second-order valence-corrected chi connectivity index (χ2v) is 7.79. The summed E-state index contributed by atoms with van der Waals surface area (Å²) in [4.78, 5) is 0.395. The highest BCUT2D eigenvalue weighted by atomic mass is 32.2. The molecule has 16 heavy (non-hydrogen) atoms. The van der Waals surface area contributed by atoms with Crippen molar-refractivity contribution in [1.29, 1.82) is 0 Å². The van der Waals surface area contributed by atoms with Gasteiger partial charge in [0.1, 0.15) is 0 Å². The number of hydrogen-bond acceptors (Lipinski definition) is 2. The lowest BCUT2D eigenvalue weighted by Crippen LogP contribution is -2.16. The van der Waals surface area contributed by atoms with Crippen LogP contribution < -0.4 is 0 Å². The van der Waals surface area contributed by atoms with E-state index in [1.807, 2.05) is 20.8 Å². The third-order valence-electron chi connectivity index (χ3n) is 2.53. The van der Waals surface area contributed by atoms with Crippen LogP contribution in [0.25, 0.3) is 0 Å². The summed E-state index contributed by atoms with van der Waals surface area (Å²) in [5, 5.41) is -0.386. The van der Waals surface area contributed by atoms with E-state index in [-0.39, 0.29) is 10.7 Å². The Morgan fingerprint density at radius 3 is 2.25 bits per heavy atom. The van der Waals surface area contributed by atoms with Crippen molar-refractivity contribution in [2.24, 2.45) is 0 Å². The first-order valence-electron chi connectivity index (χ1n) is 5.42. The normalized spacial score (nSPS) is 13.1. The highest BCUT2D eigenvalue weighted by Gasteiger charge is 2.21. The van der Waals surface area contributed by atoms with Gasteiger partial charge < -0.3 is 0 Å². The van der Waals surface area contributed by atoms with Crippen molar-refractivity contribution < 1.29 is 8.42 Å². The van der Waals surface area contributed by atoms with Crippen LogP contribution >= 0.6 is 0 Å². The molecule has 0 aromatic heterocycles. The Bertz CT molecular complexity index is 465. The molecular weight excluding hydrogens is 220 g/mol. The Labute approximate surface area is 98.6 Å². The van der Waals surface area contributed by atoms with E-state index in [0.29, 0.717) is 4.90 Å². The molecule has 3 heteroatoms. The van der Waals surface area contributed by atoms with Gasteiger partial charge in [0, 0.05) is 0 Å². The zero-order chi connectivity index (χ0) is 12.6. The van der Waals surface area contributed by atoms with Crippen LogP contribution in [0.5, 0.6) is 0 Å². The van der Waals surface area contributed by atoms with Crippen LogP contribution in [0.2, 0.25) is 0 Å². The Balaban J connectivity index is 3.30. The smallest absolute Gasteiger partial charge is 0.180 e. The van der Waals surface area contributed by atoms with Gasteiger partial charge in [0.25, 0.3) is 0 Å². The molecular formula is C13H19O2S. The van der Waals surface area contributed by atoms with E-state index in [0.717, 1.165) is 5.56 Å². The largest absolute Gasteiger partial charge is 0.223 e. The molecule has 0 spiro atoms. The zero-order valence-electron chi connectivity index (χ0n) is 10.5. The summed E-state index contributed by atoms with van der Waals surface area (Å²) in [6.45, 7) is 9.53. The Morgan fingerprint density at radius 1 is 1.25 bits per heavy atom. The van der Waals surface area contributed by atoms with E-state index in [4.69, 9.17) is 0 Å². The summed E-state index contributed by atoms with van der Waals surface area (Å²) >= 11 is 0. The van der Waals surface area contributed by atoms with Crippen LogP contribution in [-0.4, -0.2) is 13.7 Å². The quantitative estimate of drug-likeness (QED) is 0.795. The molecule has 1 rings (SSSR count). The van der Waals surface area contributed by atoms with Crippen molar-refractivity contribution in [2.75, 3.05) is 0 Å². The number of sulfone groups is 1. The molecule has 0 aliphatic heterocycles. The third kappa shape index (κ3) is 2.64. The van der Waals surface area contributed by atoms with Gasteiger partial charge in [-0.15, -0.1) is 0 Å². The van der Waals surface area contributed by atoms with Crippen molar-refractivity contribution in [3.63, 3.8) is 0 Å².